The summed E-state index contributed by atoms with van der Waals surface area (Å²) < 4.78 is 43.3. The zero-order valence-corrected chi connectivity index (χ0v) is 18.1. The van der Waals surface area contributed by atoms with Gasteiger partial charge in [0.25, 0.3) is 0 Å². The van der Waals surface area contributed by atoms with Crippen LogP contribution in [0.3, 0.4) is 0 Å². The Labute approximate surface area is 188 Å². The van der Waals surface area contributed by atoms with Crippen LogP contribution in [0.5, 0.6) is 0 Å². The Kier molecular flexibility index (Phi) is 4.44. The predicted molar refractivity (Wildman–Crippen MR) is 117 cm³/mol. The molecule has 7 rings (SSSR count). The number of carbonyl (C=O) groups excluding carboxylic acids is 1. The van der Waals surface area contributed by atoms with Crippen LogP contribution in [0.4, 0.5) is 13.2 Å². The highest BCUT2D eigenvalue weighted by atomic mass is 19.1. The fourth-order valence-electron chi connectivity index (χ4n) is 6.22. The van der Waals surface area contributed by atoms with Crippen molar-refractivity contribution in [3.63, 3.8) is 0 Å². The van der Waals surface area contributed by atoms with Crippen LogP contribution in [0.15, 0.2) is 41.5 Å². The Morgan fingerprint density at radius 3 is 2.58 bits per heavy atom. The van der Waals surface area contributed by atoms with E-state index in [9.17, 15) is 18.0 Å². The van der Waals surface area contributed by atoms with E-state index in [4.69, 9.17) is 0 Å². The van der Waals surface area contributed by atoms with E-state index in [2.05, 4.69) is 14.7 Å². The molecule has 33 heavy (non-hydrogen) atoms. The average Bonchev–Trinajstić information content (AvgIpc) is 3.49. The number of halogens is 3. The largest absolute Gasteiger partial charge is 0.328 e. The Morgan fingerprint density at radius 2 is 1.82 bits per heavy atom. The second kappa shape index (κ2) is 7.17. The van der Waals surface area contributed by atoms with Gasteiger partial charge in [-0.15, -0.1) is 0 Å². The van der Waals surface area contributed by atoms with Crippen molar-refractivity contribution in [3.05, 3.63) is 65.2 Å². The van der Waals surface area contributed by atoms with Gasteiger partial charge in [0.05, 0.1) is 17.1 Å². The van der Waals surface area contributed by atoms with E-state index >= 15 is 0 Å². The molecule has 3 aliphatic carbocycles. The molecule has 0 N–H and O–H groups in total. The third-order valence-corrected chi connectivity index (χ3v) is 7.65. The first-order valence-corrected chi connectivity index (χ1v) is 11.3. The molecule has 5 nitrogen and oxygen atoms in total. The number of aryl methyl sites for hydroxylation is 1. The van der Waals surface area contributed by atoms with Crippen LogP contribution in [-0.4, -0.2) is 26.7 Å². The summed E-state index contributed by atoms with van der Waals surface area (Å²) in [6.45, 7) is 2.66. The lowest BCUT2D eigenvalue weighted by molar-refractivity contribution is -0.138. The second-order valence-electron chi connectivity index (χ2n) is 9.79. The number of rotatable bonds is 4. The fraction of sp³-hybridized carbons (Fsp3) is 0.400. The molecule has 2 bridgehead atoms. The molecule has 2 atom stereocenters. The van der Waals surface area contributed by atoms with Gasteiger partial charge in [-0.3, -0.25) is 4.79 Å². The predicted octanol–water partition coefficient (Wildman–Crippen LogP) is 5.14. The summed E-state index contributed by atoms with van der Waals surface area (Å²) in [5.74, 6) is -0.736. The highest BCUT2D eigenvalue weighted by Crippen LogP contribution is 2.63. The number of hydrogen-bond donors (Lipinski definition) is 0. The zero-order valence-electron chi connectivity index (χ0n) is 18.1. The molecule has 3 saturated carbocycles. The minimum absolute atomic E-state index is 0.00165. The maximum absolute atomic E-state index is 13.8. The molecular formula is C25H23F3N4O. The summed E-state index contributed by atoms with van der Waals surface area (Å²) in [4.78, 5) is 18.0. The van der Waals surface area contributed by atoms with Gasteiger partial charge in [0.2, 0.25) is 5.91 Å². The molecule has 3 aromatic rings. The van der Waals surface area contributed by atoms with Crippen molar-refractivity contribution in [3.8, 4) is 0 Å². The van der Waals surface area contributed by atoms with Crippen LogP contribution in [0.1, 0.15) is 43.1 Å². The number of nitrogens with zero attached hydrogens (tertiary/aromatic N) is 4. The van der Waals surface area contributed by atoms with Crippen molar-refractivity contribution in [1.82, 2.24) is 14.6 Å². The quantitative estimate of drug-likeness (QED) is 0.551. The van der Waals surface area contributed by atoms with Gasteiger partial charge < -0.3 is 4.57 Å². The molecule has 0 radical (unpaired) electrons. The lowest BCUT2D eigenvalue weighted by Crippen LogP contribution is -2.35. The van der Waals surface area contributed by atoms with E-state index in [1.165, 1.54) is 29.3 Å². The van der Waals surface area contributed by atoms with Gasteiger partial charge in [0, 0.05) is 37.2 Å². The van der Waals surface area contributed by atoms with Gasteiger partial charge in [-0.25, -0.2) is 23.2 Å². The molecule has 170 valence electrons. The normalized spacial score (nSPS) is 28.0. The Balaban J connectivity index is 1.22. The van der Waals surface area contributed by atoms with Crippen molar-refractivity contribution >= 4 is 23.2 Å². The van der Waals surface area contributed by atoms with Crippen molar-refractivity contribution < 1.29 is 18.0 Å². The van der Waals surface area contributed by atoms with Crippen LogP contribution >= 0.6 is 0 Å². The lowest BCUT2D eigenvalue weighted by atomic mass is 9.69. The van der Waals surface area contributed by atoms with Crippen LogP contribution in [0.2, 0.25) is 0 Å². The molecule has 1 aliphatic heterocycles. The maximum Gasteiger partial charge on any atom is 0.246 e. The molecule has 1 amide bonds. The van der Waals surface area contributed by atoms with Crippen molar-refractivity contribution in [2.24, 2.45) is 22.4 Å². The molecule has 1 unspecified atom stereocenters. The molecule has 1 aromatic heterocycles. The molecule has 2 heterocycles. The van der Waals surface area contributed by atoms with Gasteiger partial charge in [-0.2, -0.15) is 5.10 Å². The van der Waals surface area contributed by atoms with Crippen molar-refractivity contribution in [2.45, 2.75) is 45.2 Å². The first kappa shape index (κ1) is 20.4. The number of aromatic nitrogens is 2. The maximum atomic E-state index is 13.8. The number of hydrazone groups is 1. The highest BCUT2D eigenvalue weighted by molar-refractivity contribution is 5.83. The number of hydrogen-bond acceptors (Lipinski definition) is 3. The Morgan fingerprint density at radius 1 is 1.06 bits per heavy atom. The van der Waals surface area contributed by atoms with Gasteiger partial charge in [-0.1, -0.05) is 0 Å². The summed E-state index contributed by atoms with van der Waals surface area (Å²) in [5.41, 5.74) is 1.97. The standard InChI is InChI=1S/C25H23F3N4O/c1-14-30-21-9-17(26)2-3-23(21)31(14)13-25-10-16(11-25)20(12-25)24(33)32-22(4-5-29-32)15-6-18(27)8-19(28)7-15/h2-3,5-9,16,20,22H,4,10-13H2,1H3/t16?,20-,22?,25?/m0/s1. The summed E-state index contributed by atoms with van der Waals surface area (Å²) in [6.07, 6.45) is 4.71. The van der Waals surface area contributed by atoms with E-state index in [-0.39, 0.29) is 29.0 Å². The topological polar surface area (TPSA) is 50.5 Å². The second-order valence-corrected chi connectivity index (χ2v) is 9.79. The summed E-state index contributed by atoms with van der Waals surface area (Å²) in [6, 6.07) is 7.55. The number of amides is 1. The van der Waals surface area contributed by atoms with E-state index in [1.54, 1.807) is 12.3 Å². The first-order chi connectivity index (χ1) is 15.8. The fourth-order valence-corrected chi connectivity index (χ4v) is 6.22. The van der Waals surface area contributed by atoms with Gasteiger partial charge in [0.1, 0.15) is 23.3 Å². The number of carbonyl (C=O) groups is 1. The van der Waals surface area contributed by atoms with Crippen molar-refractivity contribution in [2.75, 3.05) is 0 Å². The van der Waals surface area contributed by atoms with E-state index in [0.717, 1.165) is 43.2 Å². The third-order valence-electron chi connectivity index (χ3n) is 7.65. The van der Waals surface area contributed by atoms with Crippen molar-refractivity contribution in [1.29, 1.82) is 0 Å². The van der Waals surface area contributed by atoms with Crippen LogP contribution in [-0.2, 0) is 11.3 Å². The van der Waals surface area contributed by atoms with E-state index in [1.807, 2.05) is 6.92 Å². The summed E-state index contributed by atoms with van der Waals surface area (Å²) in [5, 5.41) is 5.70. The third kappa shape index (κ3) is 3.26. The van der Waals surface area contributed by atoms with Crippen LogP contribution < -0.4 is 0 Å². The van der Waals surface area contributed by atoms with Gasteiger partial charge in [-0.05, 0) is 67.3 Å². The van der Waals surface area contributed by atoms with Crippen LogP contribution in [0, 0.1) is 41.6 Å². The van der Waals surface area contributed by atoms with E-state index < -0.39 is 17.7 Å². The minimum atomic E-state index is -0.658. The number of fused-ring (bicyclic) bond motifs is 2. The lowest BCUT2D eigenvalue weighted by Gasteiger charge is -2.39. The molecular weight excluding hydrogens is 429 g/mol. The van der Waals surface area contributed by atoms with Gasteiger partial charge in [0.15, 0.2) is 0 Å². The van der Waals surface area contributed by atoms with E-state index in [0.29, 0.717) is 17.5 Å². The SMILES string of the molecule is Cc1nc2cc(F)ccc2n1CC12CC(C1)[C@@H](C(=O)N1N=CCC1c1cc(F)cc(F)c1)C2. The Hall–Kier alpha value is -3.16. The summed E-state index contributed by atoms with van der Waals surface area (Å²) in [7, 11) is 0. The molecule has 4 aliphatic rings. The molecule has 0 saturated heterocycles. The monoisotopic (exact) mass is 452 g/mol. The molecule has 3 fully saturated rings. The number of benzene rings is 2. The molecule has 8 heteroatoms. The molecule has 0 spiro atoms. The smallest absolute Gasteiger partial charge is 0.246 e. The Bertz CT molecular complexity index is 1290. The highest BCUT2D eigenvalue weighted by Gasteiger charge is 2.59. The average molecular weight is 452 g/mol. The summed E-state index contributed by atoms with van der Waals surface area (Å²) >= 11 is 0. The zero-order chi connectivity index (χ0) is 22.9. The van der Waals surface area contributed by atoms with Gasteiger partial charge >= 0.3 is 0 Å². The minimum Gasteiger partial charge on any atom is -0.328 e. The van der Waals surface area contributed by atoms with Crippen LogP contribution in [0.25, 0.3) is 11.0 Å². The number of imidazole rings is 1. The molecule has 2 aromatic carbocycles. The first-order valence-electron chi connectivity index (χ1n) is 11.3.